The summed E-state index contributed by atoms with van der Waals surface area (Å²) in [5.41, 5.74) is 0.802. The van der Waals surface area contributed by atoms with Crippen molar-refractivity contribution in [1.82, 2.24) is 5.32 Å². The van der Waals surface area contributed by atoms with Gasteiger partial charge in [-0.05, 0) is 43.7 Å². The van der Waals surface area contributed by atoms with E-state index in [1.54, 1.807) is 6.07 Å². The lowest BCUT2D eigenvalue weighted by atomic mass is 9.88. The van der Waals surface area contributed by atoms with Crippen LogP contribution in [0.4, 0.5) is 8.78 Å². The van der Waals surface area contributed by atoms with E-state index in [4.69, 9.17) is 0 Å². The average Bonchev–Trinajstić information content (AvgIpc) is 2.48. The number of thioether (sulfide) groups is 1. The number of benzene rings is 1. The van der Waals surface area contributed by atoms with Gasteiger partial charge in [0.2, 0.25) is 0 Å². The van der Waals surface area contributed by atoms with Gasteiger partial charge in [0.15, 0.2) is 11.6 Å². The lowest BCUT2D eigenvalue weighted by Crippen LogP contribution is -2.40. The minimum Gasteiger partial charge on any atom is -0.309 e. The molecule has 1 aromatic rings. The molecule has 0 heterocycles. The van der Waals surface area contributed by atoms with Gasteiger partial charge in [-0.3, -0.25) is 0 Å². The monoisotopic (exact) mass is 299 g/mol. The number of nitrogens with one attached hydrogen (secondary N) is 1. The minimum absolute atomic E-state index is 0.0380. The van der Waals surface area contributed by atoms with Gasteiger partial charge in [-0.25, -0.2) is 8.78 Å². The van der Waals surface area contributed by atoms with Crippen LogP contribution in [0.1, 0.15) is 50.6 Å². The topological polar surface area (TPSA) is 12.0 Å². The van der Waals surface area contributed by atoms with E-state index in [0.717, 1.165) is 12.1 Å². The molecule has 1 atom stereocenters. The van der Waals surface area contributed by atoms with Gasteiger partial charge < -0.3 is 5.32 Å². The molecule has 0 spiro atoms. The fraction of sp³-hybridized carbons (Fsp3) is 0.625. The summed E-state index contributed by atoms with van der Waals surface area (Å²) in [6.45, 7) is 2.93. The molecule has 20 heavy (non-hydrogen) atoms. The molecule has 0 aromatic heterocycles. The summed E-state index contributed by atoms with van der Waals surface area (Å²) in [6.07, 6.45) is 8.58. The van der Waals surface area contributed by atoms with Gasteiger partial charge in [0.05, 0.1) is 0 Å². The van der Waals surface area contributed by atoms with Crippen LogP contribution in [0.2, 0.25) is 0 Å². The van der Waals surface area contributed by atoms with Crippen molar-refractivity contribution >= 4 is 11.8 Å². The van der Waals surface area contributed by atoms with Crippen LogP contribution in [0.15, 0.2) is 18.2 Å². The highest BCUT2D eigenvalue weighted by Crippen LogP contribution is 2.38. The van der Waals surface area contributed by atoms with Crippen LogP contribution in [0.5, 0.6) is 0 Å². The second kappa shape index (κ2) is 6.90. The first-order chi connectivity index (χ1) is 9.56. The smallest absolute Gasteiger partial charge is 0.159 e. The molecule has 1 N–H and O–H groups in total. The SMILES string of the molecule is CSC1(CNC(C)c2ccc(F)c(F)c2)CCCCC1. The van der Waals surface area contributed by atoms with E-state index in [0.29, 0.717) is 4.75 Å². The molecule has 4 heteroatoms. The fourth-order valence-corrected chi connectivity index (χ4v) is 3.81. The lowest BCUT2D eigenvalue weighted by Gasteiger charge is -2.37. The van der Waals surface area contributed by atoms with Crippen molar-refractivity contribution in [3.63, 3.8) is 0 Å². The van der Waals surface area contributed by atoms with Crippen molar-refractivity contribution in [2.45, 2.75) is 49.8 Å². The Bertz CT molecular complexity index is 444. The van der Waals surface area contributed by atoms with E-state index in [1.165, 1.54) is 44.2 Å². The largest absolute Gasteiger partial charge is 0.309 e. The normalized spacial score (nSPS) is 19.8. The molecule has 1 aliphatic carbocycles. The van der Waals surface area contributed by atoms with E-state index in [-0.39, 0.29) is 6.04 Å². The first-order valence-electron chi connectivity index (χ1n) is 7.30. The maximum absolute atomic E-state index is 13.3. The van der Waals surface area contributed by atoms with Crippen LogP contribution in [0, 0.1) is 11.6 Å². The summed E-state index contributed by atoms with van der Waals surface area (Å²) in [6, 6.07) is 4.19. The molecule has 1 saturated carbocycles. The van der Waals surface area contributed by atoms with Gasteiger partial charge in [-0.2, -0.15) is 11.8 Å². The highest BCUT2D eigenvalue weighted by molar-refractivity contribution is 8.00. The molecular formula is C16H23F2NS. The second-order valence-corrected chi connectivity index (χ2v) is 7.00. The van der Waals surface area contributed by atoms with Gasteiger partial charge in [-0.15, -0.1) is 0 Å². The Morgan fingerprint density at radius 3 is 2.50 bits per heavy atom. The van der Waals surface area contributed by atoms with Crippen LogP contribution >= 0.6 is 11.8 Å². The standard InChI is InChI=1S/C16H23F2NS/c1-12(13-6-7-14(17)15(18)10-13)19-11-16(20-2)8-4-3-5-9-16/h6-7,10,12,19H,3-5,8-9,11H2,1-2H3. The van der Waals surface area contributed by atoms with E-state index < -0.39 is 11.6 Å². The Kier molecular flexibility index (Phi) is 5.44. The number of halogens is 2. The molecule has 112 valence electrons. The molecule has 1 nitrogen and oxygen atoms in total. The van der Waals surface area contributed by atoms with Gasteiger partial charge in [0.1, 0.15) is 0 Å². The second-order valence-electron chi connectivity index (χ2n) is 5.72. The van der Waals surface area contributed by atoms with E-state index >= 15 is 0 Å². The number of hydrogen-bond acceptors (Lipinski definition) is 2. The summed E-state index contributed by atoms with van der Waals surface area (Å²) < 4.78 is 26.5. The predicted octanol–water partition coefficient (Wildman–Crippen LogP) is 4.68. The highest BCUT2D eigenvalue weighted by atomic mass is 32.2. The van der Waals surface area contributed by atoms with Gasteiger partial charge in [0, 0.05) is 17.3 Å². The first kappa shape index (κ1) is 15.8. The lowest BCUT2D eigenvalue weighted by molar-refractivity contribution is 0.367. The third-order valence-corrected chi connectivity index (χ3v) is 5.79. The summed E-state index contributed by atoms with van der Waals surface area (Å²) in [5, 5.41) is 3.50. The molecule has 1 fully saturated rings. The minimum atomic E-state index is -0.784. The molecule has 1 unspecified atom stereocenters. The Balaban J connectivity index is 1.96. The summed E-state index contributed by atoms with van der Waals surface area (Å²) in [7, 11) is 0. The van der Waals surface area contributed by atoms with Crippen molar-refractivity contribution in [2.24, 2.45) is 0 Å². The van der Waals surface area contributed by atoms with Crippen LogP contribution in [0.3, 0.4) is 0 Å². The molecule has 0 saturated heterocycles. The Hall–Kier alpha value is -0.610. The quantitative estimate of drug-likeness (QED) is 0.847. The first-order valence-corrected chi connectivity index (χ1v) is 8.52. The van der Waals surface area contributed by atoms with Gasteiger partial charge in [0.25, 0.3) is 0 Å². The number of hydrogen-bond donors (Lipinski definition) is 1. The molecular weight excluding hydrogens is 276 g/mol. The van der Waals surface area contributed by atoms with Crippen LogP contribution in [-0.2, 0) is 0 Å². The summed E-state index contributed by atoms with van der Waals surface area (Å²) in [5.74, 6) is -1.55. The van der Waals surface area contributed by atoms with Crippen molar-refractivity contribution < 1.29 is 8.78 Å². The van der Waals surface area contributed by atoms with Crippen molar-refractivity contribution in [3.05, 3.63) is 35.4 Å². The molecule has 1 aliphatic rings. The van der Waals surface area contributed by atoms with Crippen LogP contribution < -0.4 is 5.32 Å². The van der Waals surface area contributed by atoms with Gasteiger partial charge >= 0.3 is 0 Å². The Morgan fingerprint density at radius 1 is 1.20 bits per heavy atom. The van der Waals surface area contributed by atoms with Crippen LogP contribution in [0.25, 0.3) is 0 Å². The highest BCUT2D eigenvalue weighted by Gasteiger charge is 2.31. The molecule has 0 aliphatic heterocycles. The maximum atomic E-state index is 13.3. The molecule has 0 amide bonds. The zero-order valence-electron chi connectivity index (χ0n) is 12.2. The van der Waals surface area contributed by atoms with E-state index in [9.17, 15) is 8.78 Å². The zero-order chi connectivity index (χ0) is 14.6. The maximum Gasteiger partial charge on any atom is 0.159 e. The average molecular weight is 299 g/mol. The van der Waals surface area contributed by atoms with E-state index in [2.05, 4.69) is 11.6 Å². The molecule has 1 aromatic carbocycles. The fourth-order valence-electron chi connectivity index (χ4n) is 2.89. The van der Waals surface area contributed by atoms with Crippen LogP contribution in [-0.4, -0.2) is 17.5 Å². The summed E-state index contributed by atoms with van der Waals surface area (Å²) in [4.78, 5) is 0. The molecule has 2 rings (SSSR count). The predicted molar refractivity (Wildman–Crippen MR) is 82.1 cm³/mol. The van der Waals surface area contributed by atoms with Gasteiger partial charge in [-0.1, -0.05) is 25.3 Å². The van der Waals surface area contributed by atoms with Crippen molar-refractivity contribution in [1.29, 1.82) is 0 Å². The Labute approximate surface area is 124 Å². The van der Waals surface area contributed by atoms with Crippen molar-refractivity contribution in [2.75, 3.05) is 12.8 Å². The zero-order valence-corrected chi connectivity index (χ0v) is 13.0. The third kappa shape index (κ3) is 3.73. The number of rotatable bonds is 5. The molecule has 0 bridgehead atoms. The molecule has 0 radical (unpaired) electrons. The third-order valence-electron chi connectivity index (χ3n) is 4.37. The Morgan fingerprint density at radius 2 is 1.90 bits per heavy atom. The van der Waals surface area contributed by atoms with E-state index in [1.807, 2.05) is 18.7 Å². The van der Waals surface area contributed by atoms with Crippen molar-refractivity contribution in [3.8, 4) is 0 Å². The summed E-state index contributed by atoms with van der Waals surface area (Å²) >= 11 is 1.94.